The Bertz CT molecular complexity index is 693. The summed E-state index contributed by atoms with van der Waals surface area (Å²) in [7, 11) is 0. The third kappa shape index (κ3) is 2.43. The Kier molecular flexibility index (Phi) is 3.45. The lowest BCUT2D eigenvalue weighted by molar-refractivity contribution is -0.117. The molecule has 22 heavy (non-hydrogen) atoms. The van der Waals surface area contributed by atoms with E-state index in [1.54, 1.807) is 0 Å². The molecule has 1 atom stereocenters. The quantitative estimate of drug-likeness (QED) is 0.881. The van der Waals surface area contributed by atoms with Gasteiger partial charge in [0, 0.05) is 24.9 Å². The highest BCUT2D eigenvalue weighted by Gasteiger charge is 2.34. The predicted octanol–water partition coefficient (Wildman–Crippen LogP) is 3.03. The second-order valence-corrected chi connectivity index (χ2v) is 6.57. The van der Waals surface area contributed by atoms with Crippen LogP contribution in [-0.2, 0) is 4.79 Å². The minimum absolute atomic E-state index is 0.179. The lowest BCUT2D eigenvalue weighted by atomic mass is 10.1. The van der Waals surface area contributed by atoms with E-state index in [0.717, 1.165) is 29.5 Å². The maximum Gasteiger partial charge on any atom is 0.228 e. The first-order valence-corrected chi connectivity index (χ1v) is 8.46. The number of benzene rings is 1. The number of hydrogen-bond acceptors (Lipinski definition) is 3. The number of carbonyl (C=O) groups excluding carboxylic acids is 1. The molecule has 1 aromatic heterocycles. The molecule has 2 aromatic rings. The van der Waals surface area contributed by atoms with E-state index in [1.807, 2.05) is 39.9 Å². The van der Waals surface area contributed by atoms with Gasteiger partial charge in [0.1, 0.15) is 5.82 Å². The van der Waals surface area contributed by atoms with Gasteiger partial charge in [0.15, 0.2) is 0 Å². The van der Waals surface area contributed by atoms with E-state index in [9.17, 15) is 4.79 Å². The van der Waals surface area contributed by atoms with Gasteiger partial charge in [-0.25, -0.2) is 4.68 Å². The average molecular weight is 313 g/mol. The van der Waals surface area contributed by atoms with E-state index >= 15 is 0 Å². The molecule has 1 aromatic carbocycles. The van der Waals surface area contributed by atoms with Gasteiger partial charge in [-0.2, -0.15) is 17.7 Å². The summed E-state index contributed by atoms with van der Waals surface area (Å²) in [6.45, 7) is 0.741. The Labute approximate surface area is 135 Å². The van der Waals surface area contributed by atoms with Crippen LogP contribution in [0.2, 0.25) is 0 Å². The summed E-state index contributed by atoms with van der Waals surface area (Å²) in [6.07, 6.45) is 3.00. The summed E-state index contributed by atoms with van der Waals surface area (Å²) in [5.74, 6) is 2.74. The average Bonchev–Trinajstić information content (AvgIpc) is 3.20. The molecule has 2 fully saturated rings. The van der Waals surface area contributed by atoms with Crippen LogP contribution in [0.5, 0.6) is 0 Å². The fourth-order valence-electron chi connectivity index (χ4n) is 3.04. The van der Waals surface area contributed by atoms with Crippen LogP contribution < -0.4 is 4.90 Å². The zero-order valence-electron chi connectivity index (χ0n) is 12.4. The van der Waals surface area contributed by atoms with E-state index in [1.165, 1.54) is 12.8 Å². The summed E-state index contributed by atoms with van der Waals surface area (Å²) in [5.41, 5.74) is 2.12. The van der Waals surface area contributed by atoms with Gasteiger partial charge in [-0.05, 0) is 36.6 Å². The highest BCUT2D eigenvalue weighted by Crippen LogP contribution is 2.41. The Morgan fingerprint density at radius 3 is 2.64 bits per heavy atom. The van der Waals surface area contributed by atoms with Crippen LogP contribution in [0.1, 0.15) is 30.9 Å². The highest BCUT2D eigenvalue weighted by atomic mass is 32.1. The normalized spacial score (nSPS) is 21.6. The molecule has 1 unspecified atom stereocenters. The van der Waals surface area contributed by atoms with Crippen molar-refractivity contribution in [2.24, 2.45) is 5.92 Å². The molecule has 0 bridgehead atoms. The van der Waals surface area contributed by atoms with Crippen molar-refractivity contribution in [3.05, 3.63) is 42.1 Å². The SMILES string of the molecule is O=C1CC(CS)CN1c1cc(C2CC2)nn1-c1ccccc1. The number of para-hydroxylation sites is 1. The molecule has 1 aliphatic carbocycles. The fourth-order valence-corrected chi connectivity index (χ4v) is 3.29. The molecule has 0 spiro atoms. The van der Waals surface area contributed by atoms with Crippen molar-refractivity contribution >= 4 is 24.4 Å². The first-order valence-electron chi connectivity index (χ1n) is 7.83. The second-order valence-electron chi connectivity index (χ2n) is 6.21. The number of anilines is 1. The number of rotatable bonds is 4. The topological polar surface area (TPSA) is 38.1 Å². The molecule has 5 heteroatoms. The van der Waals surface area contributed by atoms with Gasteiger partial charge in [0.25, 0.3) is 0 Å². The monoisotopic (exact) mass is 313 g/mol. The molecule has 1 saturated carbocycles. The van der Waals surface area contributed by atoms with Gasteiger partial charge < -0.3 is 0 Å². The van der Waals surface area contributed by atoms with Crippen molar-refractivity contribution < 1.29 is 4.79 Å². The smallest absolute Gasteiger partial charge is 0.228 e. The van der Waals surface area contributed by atoms with Crippen LogP contribution >= 0.6 is 12.6 Å². The molecule has 0 N–H and O–H groups in total. The highest BCUT2D eigenvalue weighted by molar-refractivity contribution is 7.80. The third-order valence-corrected chi connectivity index (χ3v) is 4.96. The van der Waals surface area contributed by atoms with Gasteiger partial charge >= 0.3 is 0 Å². The number of thiol groups is 1. The van der Waals surface area contributed by atoms with Crippen molar-refractivity contribution in [2.75, 3.05) is 17.2 Å². The molecule has 1 amide bonds. The molecule has 2 aliphatic rings. The Balaban J connectivity index is 1.76. The minimum atomic E-state index is 0.179. The molecule has 1 saturated heterocycles. The number of nitrogens with zero attached hydrogens (tertiary/aromatic N) is 3. The zero-order chi connectivity index (χ0) is 15.1. The number of carbonyl (C=O) groups is 1. The molecule has 2 heterocycles. The van der Waals surface area contributed by atoms with Crippen LogP contribution in [0, 0.1) is 5.92 Å². The lowest BCUT2D eigenvalue weighted by Gasteiger charge is -2.17. The van der Waals surface area contributed by atoms with Crippen molar-refractivity contribution in [3.63, 3.8) is 0 Å². The van der Waals surface area contributed by atoms with Gasteiger partial charge in [0.2, 0.25) is 5.91 Å². The van der Waals surface area contributed by atoms with Gasteiger partial charge in [-0.15, -0.1) is 0 Å². The second kappa shape index (κ2) is 5.47. The summed E-state index contributed by atoms with van der Waals surface area (Å²) >= 11 is 4.35. The van der Waals surface area contributed by atoms with E-state index in [4.69, 9.17) is 5.10 Å². The van der Waals surface area contributed by atoms with E-state index in [0.29, 0.717) is 18.3 Å². The van der Waals surface area contributed by atoms with Crippen LogP contribution in [0.15, 0.2) is 36.4 Å². The van der Waals surface area contributed by atoms with Crippen LogP contribution in [0.25, 0.3) is 5.69 Å². The standard InChI is InChI=1S/C17H19N3OS/c21-17-8-12(11-22)10-19(17)16-9-15(13-6-7-13)18-20(16)14-4-2-1-3-5-14/h1-5,9,12-13,22H,6-8,10-11H2. The summed E-state index contributed by atoms with van der Waals surface area (Å²) in [5, 5.41) is 4.78. The molecule has 1 aliphatic heterocycles. The van der Waals surface area contributed by atoms with Gasteiger partial charge in [-0.1, -0.05) is 18.2 Å². The van der Waals surface area contributed by atoms with Crippen LogP contribution in [0.4, 0.5) is 5.82 Å². The fraction of sp³-hybridized carbons (Fsp3) is 0.412. The summed E-state index contributed by atoms with van der Waals surface area (Å²) in [4.78, 5) is 14.3. The third-order valence-electron chi connectivity index (χ3n) is 4.45. The number of aromatic nitrogens is 2. The van der Waals surface area contributed by atoms with Gasteiger partial charge in [0.05, 0.1) is 11.4 Å². The number of hydrogen-bond donors (Lipinski definition) is 1. The van der Waals surface area contributed by atoms with E-state index in [2.05, 4.69) is 18.7 Å². The Hall–Kier alpha value is -1.75. The van der Waals surface area contributed by atoms with Crippen molar-refractivity contribution in [1.82, 2.24) is 9.78 Å². The number of amides is 1. The largest absolute Gasteiger partial charge is 0.296 e. The Morgan fingerprint density at radius 1 is 1.23 bits per heavy atom. The molecular formula is C17H19N3OS. The Morgan fingerprint density at radius 2 is 2.00 bits per heavy atom. The maximum absolute atomic E-state index is 12.4. The van der Waals surface area contributed by atoms with Crippen molar-refractivity contribution in [3.8, 4) is 5.69 Å². The summed E-state index contributed by atoms with van der Waals surface area (Å²) < 4.78 is 1.92. The molecule has 4 nitrogen and oxygen atoms in total. The predicted molar refractivity (Wildman–Crippen MR) is 89.9 cm³/mol. The van der Waals surface area contributed by atoms with E-state index < -0.39 is 0 Å². The van der Waals surface area contributed by atoms with Crippen LogP contribution in [-0.4, -0.2) is 28.0 Å². The first kappa shape index (κ1) is 13.9. The molecule has 4 rings (SSSR count). The maximum atomic E-state index is 12.4. The van der Waals surface area contributed by atoms with Crippen LogP contribution in [0.3, 0.4) is 0 Å². The van der Waals surface area contributed by atoms with Crippen molar-refractivity contribution in [2.45, 2.75) is 25.2 Å². The summed E-state index contributed by atoms with van der Waals surface area (Å²) in [6, 6.07) is 12.2. The molecular weight excluding hydrogens is 294 g/mol. The van der Waals surface area contributed by atoms with Gasteiger partial charge in [-0.3, -0.25) is 9.69 Å². The van der Waals surface area contributed by atoms with Crippen molar-refractivity contribution in [1.29, 1.82) is 0 Å². The van der Waals surface area contributed by atoms with E-state index in [-0.39, 0.29) is 5.91 Å². The minimum Gasteiger partial charge on any atom is -0.296 e. The first-order chi connectivity index (χ1) is 10.8. The lowest BCUT2D eigenvalue weighted by Crippen LogP contribution is -2.27. The molecule has 114 valence electrons. The zero-order valence-corrected chi connectivity index (χ0v) is 13.2. The molecule has 0 radical (unpaired) electrons.